The van der Waals surface area contributed by atoms with E-state index in [0.29, 0.717) is 5.56 Å². The summed E-state index contributed by atoms with van der Waals surface area (Å²) in [5, 5.41) is 30.4. The van der Waals surface area contributed by atoms with Crippen LogP contribution in [0.3, 0.4) is 0 Å². The first-order valence-electron chi connectivity index (χ1n) is 6.01. The minimum absolute atomic E-state index is 0.00553. The van der Waals surface area contributed by atoms with Gasteiger partial charge in [0, 0.05) is 31.2 Å². The molecule has 1 amide bonds. The van der Waals surface area contributed by atoms with Crippen LogP contribution in [0.2, 0.25) is 0 Å². The van der Waals surface area contributed by atoms with Crippen LogP contribution in [0.5, 0.6) is 0 Å². The van der Waals surface area contributed by atoms with E-state index in [9.17, 15) is 19.7 Å². The van der Waals surface area contributed by atoms with Gasteiger partial charge >= 0.3 is 5.97 Å². The number of nitrogens with one attached hydrogen (secondary N) is 1. The Hall–Kier alpha value is -2.74. The predicted octanol–water partition coefficient (Wildman–Crippen LogP) is 0.560. The molecular weight excluding hydrogens is 280 g/mol. The molecule has 0 saturated carbocycles. The summed E-state index contributed by atoms with van der Waals surface area (Å²) in [6, 6.07) is 5.76. The van der Waals surface area contributed by atoms with Crippen molar-refractivity contribution in [1.82, 2.24) is 5.32 Å². The van der Waals surface area contributed by atoms with Crippen LogP contribution in [-0.2, 0) is 9.59 Å². The number of carbonyl (C=O) groups excluding carboxylic acids is 1. The molecule has 0 bridgehead atoms. The Balaban J connectivity index is 2.49. The number of nitro benzene ring substituents is 1. The van der Waals surface area contributed by atoms with Crippen LogP contribution in [0, 0.1) is 10.1 Å². The van der Waals surface area contributed by atoms with Gasteiger partial charge in [-0.15, -0.1) is 0 Å². The fourth-order valence-electron chi connectivity index (χ4n) is 1.43. The van der Waals surface area contributed by atoms with Gasteiger partial charge in [-0.3, -0.25) is 14.9 Å². The third-order valence-corrected chi connectivity index (χ3v) is 2.51. The highest BCUT2D eigenvalue weighted by Gasteiger charge is 2.12. The molecule has 1 aromatic rings. The van der Waals surface area contributed by atoms with Gasteiger partial charge < -0.3 is 15.5 Å². The van der Waals surface area contributed by atoms with Crippen LogP contribution in [0.1, 0.15) is 12.0 Å². The van der Waals surface area contributed by atoms with Crippen LogP contribution < -0.4 is 5.32 Å². The first kappa shape index (κ1) is 16.3. The molecule has 0 fully saturated rings. The van der Waals surface area contributed by atoms with Crippen LogP contribution in [0.25, 0.3) is 6.08 Å². The number of benzene rings is 1. The van der Waals surface area contributed by atoms with Crippen molar-refractivity contribution >= 4 is 23.6 Å². The van der Waals surface area contributed by atoms with E-state index in [1.54, 1.807) is 6.07 Å². The van der Waals surface area contributed by atoms with Crippen LogP contribution in [-0.4, -0.2) is 39.7 Å². The third kappa shape index (κ3) is 5.83. The summed E-state index contributed by atoms with van der Waals surface area (Å²) in [5.74, 6) is -1.84. The molecule has 1 aromatic carbocycles. The van der Waals surface area contributed by atoms with E-state index in [2.05, 4.69) is 5.32 Å². The van der Waals surface area contributed by atoms with Gasteiger partial charge in [-0.25, -0.2) is 4.79 Å². The van der Waals surface area contributed by atoms with E-state index in [4.69, 9.17) is 10.2 Å². The Morgan fingerprint density at radius 3 is 2.76 bits per heavy atom. The van der Waals surface area contributed by atoms with E-state index in [1.807, 2.05) is 0 Å². The molecule has 0 spiro atoms. The van der Waals surface area contributed by atoms with Crippen molar-refractivity contribution in [2.45, 2.75) is 12.5 Å². The molecule has 0 aliphatic carbocycles. The number of carbonyl (C=O) groups is 2. The zero-order valence-electron chi connectivity index (χ0n) is 10.9. The number of carboxylic acids is 1. The molecule has 1 atom stereocenters. The number of hydrogen-bond donors (Lipinski definition) is 3. The minimum atomic E-state index is -1.52. The molecule has 8 heteroatoms. The normalized spacial score (nSPS) is 12.0. The summed E-state index contributed by atoms with van der Waals surface area (Å²) in [4.78, 5) is 31.8. The summed E-state index contributed by atoms with van der Waals surface area (Å²) >= 11 is 0. The molecule has 0 aromatic heterocycles. The summed E-state index contributed by atoms with van der Waals surface area (Å²) in [6.45, 7) is 0.00553. The fraction of sp³-hybridized carbons (Fsp3) is 0.231. The Kier molecular flexibility index (Phi) is 6.02. The van der Waals surface area contributed by atoms with E-state index < -0.39 is 22.9 Å². The van der Waals surface area contributed by atoms with E-state index in [-0.39, 0.29) is 18.7 Å². The van der Waals surface area contributed by atoms with Crippen molar-refractivity contribution in [3.63, 3.8) is 0 Å². The van der Waals surface area contributed by atoms with Gasteiger partial charge in [0.1, 0.15) is 0 Å². The molecule has 0 saturated heterocycles. The lowest BCUT2D eigenvalue weighted by atomic mass is 10.2. The van der Waals surface area contributed by atoms with Crippen LogP contribution in [0.15, 0.2) is 30.3 Å². The monoisotopic (exact) mass is 294 g/mol. The standard InChI is InChI=1S/C13H14N2O6/c16-11(13(18)19)6-7-14-12(17)5-4-9-2-1-3-10(8-9)15(20)21/h1-5,8,11,16H,6-7H2,(H,14,17)(H,18,19)/b5-4+. The van der Waals surface area contributed by atoms with E-state index >= 15 is 0 Å². The molecule has 112 valence electrons. The number of nitrogens with zero attached hydrogens (tertiary/aromatic N) is 1. The molecule has 1 rings (SSSR count). The first-order chi connectivity index (χ1) is 9.90. The van der Waals surface area contributed by atoms with Gasteiger partial charge in [-0.2, -0.15) is 0 Å². The van der Waals surface area contributed by atoms with Gasteiger partial charge in [0.05, 0.1) is 4.92 Å². The Morgan fingerprint density at radius 1 is 1.43 bits per heavy atom. The van der Waals surface area contributed by atoms with Crippen molar-refractivity contribution in [3.05, 3.63) is 46.0 Å². The van der Waals surface area contributed by atoms with Crippen molar-refractivity contribution in [1.29, 1.82) is 0 Å². The summed E-state index contributed by atoms with van der Waals surface area (Å²) < 4.78 is 0. The van der Waals surface area contributed by atoms with Gasteiger partial charge in [-0.1, -0.05) is 12.1 Å². The number of nitro groups is 1. The molecule has 0 aliphatic heterocycles. The van der Waals surface area contributed by atoms with E-state index in [0.717, 1.165) is 0 Å². The maximum atomic E-state index is 11.4. The lowest BCUT2D eigenvalue weighted by Gasteiger charge is -2.05. The third-order valence-electron chi connectivity index (χ3n) is 2.51. The molecule has 1 unspecified atom stereocenters. The Morgan fingerprint density at radius 2 is 2.14 bits per heavy atom. The predicted molar refractivity (Wildman–Crippen MR) is 73.4 cm³/mol. The number of aliphatic hydroxyl groups is 1. The molecule has 0 radical (unpaired) electrons. The van der Waals surface area contributed by atoms with Crippen LogP contribution in [0.4, 0.5) is 5.69 Å². The van der Waals surface area contributed by atoms with Crippen molar-refractivity contribution < 1.29 is 24.7 Å². The second kappa shape index (κ2) is 7.75. The molecule has 3 N–H and O–H groups in total. The molecule has 8 nitrogen and oxygen atoms in total. The molecule has 21 heavy (non-hydrogen) atoms. The first-order valence-corrected chi connectivity index (χ1v) is 6.01. The van der Waals surface area contributed by atoms with Gasteiger partial charge in [-0.05, 0) is 11.6 Å². The number of hydrogen-bond acceptors (Lipinski definition) is 5. The highest BCUT2D eigenvalue weighted by atomic mass is 16.6. The maximum Gasteiger partial charge on any atom is 0.332 e. The fourth-order valence-corrected chi connectivity index (χ4v) is 1.43. The maximum absolute atomic E-state index is 11.4. The van der Waals surface area contributed by atoms with Crippen LogP contribution >= 0.6 is 0 Å². The zero-order chi connectivity index (χ0) is 15.8. The van der Waals surface area contributed by atoms with Gasteiger partial charge in [0.25, 0.3) is 5.69 Å². The summed E-state index contributed by atoms with van der Waals surface area (Å²) in [7, 11) is 0. The average Bonchev–Trinajstić information content (AvgIpc) is 2.45. The van der Waals surface area contributed by atoms with Gasteiger partial charge in [0.2, 0.25) is 5.91 Å². The Bertz CT molecular complexity index is 570. The second-order valence-corrected chi connectivity index (χ2v) is 4.12. The second-order valence-electron chi connectivity index (χ2n) is 4.12. The number of amides is 1. The molecule has 0 aliphatic rings. The topological polar surface area (TPSA) is 130 Å². The van der Waals surface area contributed by atoms with Crippen molar-refractivity contribution in [2.75, 3.05) is 6.54 Å². The molecule has 0 heterocycles. The highest BCUT2D eigenvalue weighted by Crippen LogP contribution is 2.13. The Labute approximate surface area is 119 Å². The number of carboxylic acid groups (broad SMARTS) is 1. The number of aliphatic hydroxyl groups excluding tert-OH is 1. The SMILES string of the molecule is O=C(/C=C/c1cccc([N+](=O)[O-])c1)NCCC(O)C(=O)O. The zero-order valence-corrected chi connectivity index (χ0v) is 10.9. The minimum Gasteiger partial charge on any atom is -0.479 e. The smallest absolute Gasteiger partial charge is 0.332 e. The van der Waals surface area contributed by atoms with Crippen molar-refractivity contribution in [2.24, 2.45) is 0 Å². The largest absolute Gasteiger partial charge is 0.479 e. The van der Waals surface area contributed by atoms with Gasteiger partial charge in [0.15, 0.2) is 6.10 Å². The number of aliphatic carboxylic acids is 1. The lowest BCUT2D eigenvalue weighted by molar-refractivity contribution is -0.384. The lowest BCUT2D eigenvalue weighted by Crippen LogP contribution is -2.28. The van der Waals surface area contributed by atoms with Crippen molar-refractivity contribution in [3.8, 4) is 0 Å². The van der Waals surface area contributed by atoms with E-state index in [1.165, 1.54) is 30.4 Å². The summed E-state index contributed by atoms with van der Waals surface area (Å²) in [6.07, 6.45) is 0.944. The highest BCUT2D eigenvalue weighted by molar-refractivity contribution is 5.91. The number of non-ortho nitro benzene ring substituents is 1. The average molecular weight is 294 g/mol. The number of rotatable bonds is 7. The molecular formula is C13H14N2O6. The summed E-state index contributed by atoms with van der Waals surface area (Å²) in [5.41, 5.74) is 0.409. The quantitative estimate of drug-likeness (QED) is 0.382.